The van der Waals surface area contributed by atoms with Crippen LogP contribution < -0.4 is 25.8 Å². The molecule has 0 saturated carbocycles. The first kappa shape index (κ1) is 37.2. The third kappa shape index (κ3) is 6.32. The summed E-state index contributed by atoms with van der Waals surface area (Å²) in [6.07, 6.45) is -1.24. The van der Waals surface area contributed by atoms with Gasteiger partial charge in [0.05, 0.1) is 41.5 Å². The van der Waals surface area contributed by atoms with Gasteiger partial charge in [-0.25, -0.2) is 22.5 Å². The molecule has 2 aromatic carbocycles. The number of thiophene rings is 1. The van der Waals surface area contributed by atoms with Gasteiger partial charge < -0.3 is 25.8 Å². The summed E-state index contributed by atoms with van der Waals surface area (Å²) in [5.41, 5.74) is 8.33. The Balaban J connectivity index is 0.000000433. The number of nitrogens with two attached hydrogens (primary N) is 2. The van der Waals surface area contributed by atoms with Crippen molar-refractivity contribution in [3.63, 3.8) is 0 Å². The fourth-order valence-electron chi connectivity index (χ4n) is 7.76. The van der Waals surface area contributed by atoms with Gasteiger partial charge in [-0.1, -0.05) is 13.0 Å². The number of benzene rings is 2. The van der Waals surface area contributed by atoms with Crippen LogP contribution in [0.15, 0.2) is 24.4 Å². The maximum Gasteiger partial charge on any atom is 0.420 e. The molecule has 0 amide bonds. The molecule has 10 nitrogen and oxygen atoms in total. The number of aromatic nitrogens is 3. The normalized spacial score (nSPS) is 18.9. The van der Waals surface area contributed by atoms with Gasteiger partial charge >= 0.3 is 12.2 Å². The van der Waals surface area contributed by atoms with E-state index in [1.165, 1.54) is 24.9 Å². The highest BCUT2D eigenvalue weighted by Gasteiger charge is 2.44. The molecule has 2 fully saturated rings. The Morgan fingerprint density at radius 1 is 1.15 bits per heavy atom. The van der Waals surface area contributed by atoms with Crippen molar-refractivity contribution >= 4 is 49.0 Å². The number of hydrogen-bond donors (Lipinski definition) is 2. The maximum atomic E-state index is 16.8. The van der Waals surface area contributed by atoms with Crippen LogP contribution in [0.2, 0.25) is 0 Å². The van der Waals surface area contributed by atoms with E-state index in [0.29, 0.717) is 23.9 Å². The first-order valence-corrected chi connectivity index (χ1v) is 17.9. The van der Waals surface area contributed by atoms with Crippen molar-refractivity contribution in [2.24, 2.45) is 0 Å². The number of alkyl halides is 4. The molecule has 2 saturated heterocycles. The van der Waals surface area contributed by atoms with Crippen LogP contribution in [0.3, 0.4) is 0 Å². The zero-order valence-corrected chi connectivity index (χ0v) is 29.7. The lowest BCUT2D eigenvalue weighted by molar-refractivity contribution is -0.138. The predicted octanol–water partition coefficient (Wildman–Crippen LogP) is 7.93. The van der Waals surface area contributed by atoms with Crippen molar-refractivity contribution in [1.29, 1.82) is 5.26 Å². The maximum absolute atomic E-state index is 16.8. The standard InChI is InChI=1S/C29H21F6N7O2S.C7H12FN/c1-3-16(13-8-11(30)10-39-25(13)37)42-6-7-44-23-19-22(40-28(43-2)41-27(19)42)21(32)18(20(23)29(33,34)35)12-4-5-15(31)24-17(12)14(9-36)26(38)45-24;8-6-4-7-2-1-3-9(7)5-6/h4-5,8,10,16H,3,6-7,38H2,1-2H3,(H2,37,39);6-7H,1-5H2/t16-;/m1./s1. The predicted molar refractivity (Wildman–Crippen MR) is 190 cm³/mol. The van der Waals surface area contributed by atoms with E-state index in [1.54, 1.807) is 13.0 Å². The smallest absolute Gasteiger partial charge is 0.420 e. The molecule has 6 heterocycles. The summed E-state index contributed by atoms with van der Waals surface area (Å²) in [5, 5.41) is 8.90. The molecular formula is C36H33F7N8O2S. The average molecular weight is 775 g/mol. The molecular weight excluding hydrogens is 742 g/mol. The molecule has 0 aliphatic carbocycles. The molecule has 4 N–H and O–H groups in total. The van der Waals surface area contributed by atoms with E-state index in [0.717, 1.165) is 37.4 Å². The van der Waals surface area contributed by atoms with Crippen LogP contribution >= 0.6 is 11.3 Å². The number of halogens is 7. The highest BCUT2D eigenvalue weighted by molar-refractivity contribution is 7.23. The Hall–Kier alpha value is -5.15. The van der Waals surface area contributed by atoms with E-state index in [4.69, 9.17) is 20.9 Å². The van der Waals surface area contributed by atoms with Gasteiger partial charge in [0.1, 0.15) is 63.9 Å². The number of pyridine rings is 1. The Bertz CT molecular complexity index is 2300. The number of nitrogens with zero attached hydrogens (tertiary/aromatic N) is 6. The second-order valence-electron chi connectivity index (χ2n) is 13.1. The minimum Gasteiger partial charge on any atom is -0.490 e. The largest absolute Gasteiger partial charge is 0.490 e. The van der Waals surface area contributed by atoms with Gasteiger partial charge in [-0.15, -0.1) is 11.3 Å². The molecule has 2 unspecified atom stereocenters. The summed E-state index contributed by atoms with van der Waals surface area (Å²) in [7, 11) is 1.19. The molecule has 0 radical (unpaired) electrons. The third-order valence-electron chi connectivity index (χ3n) is 10.0. The Kier molecular flexibility index (Phi) is 9.81. The Morgan fingerprint density at radius 2 is 1.93 bits per heavy atom. The van der Waals surface area contributed by atoms with E-state index in [1.807, 2.05) is 0 Å². The lowest BCUT2D eigenvalue weighted by Gasteiger charge is -2.32. The summed E-state index contributed by atoms with van der Waals surface area (Å²) in [5.74, 6) is -3.98. The number of nitriles is 1. The van der Waals surface area contributed by atoms with Gasteiger partial charge in [0.15, 0.2) is 5.82 Å². The summed E-state index contributed by atoms with van der Waals surface area (Å²) in [6.45, 7) is 3.15. The topological polar surface area (TPSA) is 139 Å². The van der Waals surface area contributed by atoms with Crippen molar-refractivity contribution < 1.29 is 40.2 Å². The molecule has 5 aromatic rings. The summed E-state index contributed by atoms with van der Waals surface area (Å²) in [4.78, 5) is 16.1. The van der Waals surface area contributed by atoms with E-state index in [-0.39, 0.29) is 63.4 Å². The molecule has 18 heteroatoms. The molecule has 3 aliphatic rings. The van der Waals surface area contributed by atoms with Gasteiger partial charge in [-0.3, -0.25) is 4.90 Å². The SMILES string of the molecule is CC[C@H](c1cc(F)cnc1N)N1CCOc2c(C(F)(F)F)c(-c3ccc(F)c4sc(N)c(C#N)c34)c(F)c3nc(OC)nc1c23.FC1CC2CCCN2C1. The summed E-state index contributed by atoms with van der Waals surface area (Å²) >= 11 is 0.652. The van der Waals surface area contributed by atoms with Crippen molar-refractivity contribution in [2.75, 3.05) is 49.7 Å². The average Bonchev–Trinajstić information content (AvgIpc) is 3.78. The highest BCUT2D eigenvalue weighted by atomic mass is 32.1. The number of hydrogen-bond acceptors (Lipinski definition) is 11. The van der Waals surface area contributed by atoms with E-state index in [2.05, 4.69) is 19.9 Å². The van der Waals surface area contributed by atoms with Crippen molar-refractivity contribution in [3.8, 4) is 29.0 Å². The van der Waals surface area contributed by atoms with Gasteiger partial charge in [0.2, 0.25) is 0 Å². The van der Waals surface area contributed by atoms with Crippen LogP contribution in [-0.4, -0.2) is 65.4 Å². The van der Waals surface area contributed by atoms with Crippen LogP contribution in [0.4, 0.5) is 47.4 Å². The first-order chi connectivity index (χ1) is 25.8. The van der Waals surface area contributed by atoms with Crippen LogP contribution in [0.1, 0.15) is 55.3 Å². The van der Waals surface area contributed by atoms with Crippen LogP contribution in [0.5, 0.6) is 11.8 Å². The highest BCUT2D eigenvalue weighted by Crippen LogP contribution is 2.54. The number of anilines is 3. The fraction of sp³-hybridized carbons (Fsp3) is 0.389. The molecule has 3 aliphatic heterocycles. The molecule has 284 valence electrons. The fourth-order valence-corrected chi connectivity index (χ4v) is 8.71. The van der Waals surface area contributed by atoms with Crippen LogP contribution in [0, 0.1) is 28.8 Å². The van der Waals surface area contributed by atoms with E-state index in [9.17, 15) is 18.4 Å². The Morgan fingerprint density at radius 3 is 2.61 bits per heavy atom. The van der Waals surface area contributed by atoms with Crippen LogP contribution in [-0.2, 0) is 6.18 Å². The summed E-state index contributed by atoms with van der Waals surface area (Å²) < 4.78 is 115. The molecule has 8 rings (SSSR count). The lowest BCUT2D eigenvalue weighted by Crippen LogP contribution is -2.33. The quantitative estimate of drug-likeness (QED) is 0.169. The Labute approximate surface area is 308 Å². The van der Waals surface area contributed by atoms with Crippen molar-refractivity contribution in [3.05, 3.63) is 58.5 Å². The van der Waals surface area contributed by atoms with Gasteiger partial charge in [0.25, 0.3) is 0 Å². The van der Waals surface area contributed by atoms with Gasteiger partial charge in [-0.2, -0.15) is 28.4 Å². The zero-order chi connectivity index (χ0) is 38.6. The first-order valence-electron chi connectivity index (χ1n) is 17.0. The van der Waals surface area contributed by atoms with E-state index >= 15 is 17.6 Å². The van der Waals surface area contributed by atoms with Crippen molar-refractivity contribution in [2.45, 2.75) is 57.0 Å². The molecule has 54 heavy (non-hydrogen) atoms. The zero-order valence-electron chi connectivity index (χ0n) is 28.9. The van der Waals surface area contributed by atoms with Crippen molar-refractivity contribution in [1.82, 2.24) is 19.9 Å². The number of fused-ring (bicyclic) bond motifs is 2. The minimum atomic E-state index is -5.23. The second-order valence-corrected chi connectivity index (χ2v) is 14.2. The molecule has 3 aromatic heterocycles. The third-order valence-corrected chi connectivity index (χ3v) is 11.0. The summed E-state index contributed by atoms with van der Waals surface area (Å²) in [6, 6.07) is 4.20. The number of methoxy groups -OCH3 is 1. The monoisotopic (exact) mass is 774 g/mol. The molecule has 3 atom stereocenters. The number of nitrogen functional groups attached to an aromatic ring is 2. The number of rotatable bonds is 5. The number of ether oxygens (including phenoxy) is 2. The van der Waals surface area contributed by atoms with Gasteiger partial charge in [-0.05, 0) is 49.9 Å². The van der Waals surface area contributed by atoms with Gasteiger partial charge in [0, 0.05) is 29.1 Å². The minimum absolute atomic E-state index is 0.0212. The molecule has 0 bridgehead atoms. The molecule has 0 spiro atoms. The second kappa shape index (κ2) is 14.3. The van der Waals surface area contributed by atoms with Crippen LogP contribution in [0.25, 0.3) is 32.1 Å². The lowest BCUT2D eigenvalue weighted by atomic mass is 9.91. The van der Waals surface area contributed by atoms with E-state index < -0.39 is 69.2 Å².